The zero-order chi connectivity index (χ0) is 10.7. The largest absolute Gasteiger partial charge is 0.387 e. The first-order valence-corrected chi connectivity index (χ1v) is 4.87. The summed E-state index contributed by atoms with van der Waals surface area (Å²) in [5.74, 6) is 0. The average molecular weight is 203 g/mol. The highest BCUT2D eigenvalue weighted by Crippen LogP contribution is 2.08. The van der Waals surface area contributed by atoms with Gasteiger partial charge in [0.1, 0.15) is 0 Å². The number of aromatic nitrogens is 3. The molecule has 0 radical (unpaired) electrons. The molecule has 1 N–H and O–H groups in total. The minimum absolute atomic E-state index is 0.519. The predicted molar refractivity (Wildman–Crippen MR) is 56.2 cm³/mol. The molecule has 0 fully saturated rings. The summed E-state index contributed by atoms with van der Waals surface area (Å²) in [5, 5.41) is 13.5. The Bertz CT molecular complexity index is 422. The Labute approximate surface area is 88.2 Å². The van der Waals surface area contributed by atoms with Gasteiger partial charge in [0.2, 0.25) is 0 Å². The van der Waals surface area contributed by atoms with Crippen LogP contribution in [0.2, 0.25) is 0 Å². The van der Waals surface area contributed by atoms with Gasteiger partial charge in [0, 0.05) is 12.4 Å². The Balaban J connectivity index is 2.12. The van der Waals surface area contributed by atoms with Crippen molar-refractivity contribution in [3.8, 4) is 0 Å². The summed E-state index contributed by atoms with van der Waals surface area (Å²) in [7, 11) is 0. The van der Waals surface area contributed by atoms with Crippen LogP contribution < -0.4 is 0 Å². The van der Waals surface area contributed by atoms with Crippen LogP contribution in [-0.4, -0.2) is 19.9 Å². The molecule has 2 aromatic heterocycles. The van der Waals surface area contributed by atoms with Gasteiger partial charge < -0.3 is 5.11 Å². The van der Waals surface area contributed by atoms with Crippen LogP contribution in [0.3, 0.4) is 0 Å². The van der Waals surface area contributed by atoms with Crippen LogP contribution in [0.4, 0.5) is 0 Å². The lowest BCUT2D eigenvalue weighted by Gasteiger charge is -2.01. The SMILES string of the molecule is CC(O)c1ccn(Cc2ccccn2)n1. The van der Waals surface area contributed by atoms with Crippen LogP contribution in [-0.2, 0) is 6.54 Å². The molecule has 0 aliphatic heterocycles. The lowest BCUT2D eigenvalue weighted by atomic mass is 10.3. The molecule has 0 aliphatic rings. The number of aliphatic hydroxyl groups is 1. The van der Waals surface area contributed by atoms with Crippen molar-refractivity contribution in [2.45, 2.75) is 19.6 Å². The first-order chi connectivity index (χ1) is 7.25. The van der Waals surface area contributed by atoms with Gasteiger partial charge in [-0.3, -0.25) is 9.67 Å². The number of nitrogens with zero attached hydrogens (tertiary/aromatic N) is 3. The molecule has 2 rings (SSSR count). The smallest absolute Gasteiger partial charge is 0.0950 e. The monoisotopic (exact) mass is 203 g/mol. The van der Waals surface area contributed by atoms with Gasteiger partial charge in [0.25, 0.3) is 0 Å². The van der Waals surface area contributed by atoms with Crippen LogP contribution in [0, 0.1) is 0 Å². The van der Waals surface area contributed by atoms with Crippen molar-refractivity contribution in [1.29, 1.82) is 0 Å². The number of rotatable bonds is 3. The van der Waals surface area contributed by atoms with Gasteiger partial charge in [-0.1, -0.05) is 6.07 Å². The Morgan fingerprint density at radius 3 is 2.87 bits per heavy atom. The van der Waals surface area contributed by atoms with Crippen LogP contribution in [0.15, 0.2) is 36.7 Å². The molecular weight excluding hydrogens is 190 g/mol. The van der Waals surface area contributed by atoms with E-state index in [4.69, 9.17) is 0 Å². The summed E-state index contributed by atoms with van der Waals surface area (Å²) in [6.07, 6.45) is 3.08. The number of aliphatic hydroxyl groups excluding tert-OH is 1. The van der Waals surface area contributed by atoms with E-state index in [1.807, 2.05) is 30.5 Å². The summed E-state index contributed by atoms with van der Waals surface area (Å²) >= 11 is 0. The van der Waals surface area contributed by atoms with Crippen molar-refractivity contribution in [1.82, 2.24) is 14.8 Å². The van der Waals surface area contributed by atoms with Crippen LogP contribution in [0.1, 0.15) is 24.4 Å². The lowest BCUT2D eigenvalue weighted by Crippen LogP contribution is -2.03. The van der Waals surface area contributed by atoms with E-state index >= 15 is 0 Å². The summed E-state index contributed by atoms with van der Waals surface area (Å²) in [6.45, 7) is 2.33. The molecule has 0 aromatic carbocycles. The van der Waals surface area contributed by atoms with Crippen LogP contribution in [0.5, 0.6) is 0 Å². The van der Waals surface area contributed by atoms with Crippen molar-refractivity contribution in [3.05, 3.63) is 48.0 Å². The molecular formula is C11H13N3O. The van der Waals surface area contributed by atoms with E-state index in [1.165, 1.54) is 0 Å². The van der Waals surface area contributed by atoms with Gasteiger partial charge in [0.15, 0.2) is 0 Å². The molecule has 4 nitrogen and oxygen atoms in total. The molecule has 0 bridgehead atoms. The Kier molecular flexibility index (Phi) is 2.78. The first-order valence-electron chi connectivity index (χ1n) is 4.87. The maximum Gasteiger partial charge on any atom is 0.0950 e. The molecule has 1 atom stereocenters. The van der Waals surface area contributed by atoms with E-state index in [-0.39, 0.29) is 0 Å². The van der Waals surface area contributed by atoms with E-state index in [0.717, 1.165) is 5.69 Å². The minimum Gasteiger partial charge on any atom is -0.387 e. The molecule has 2 heterocycles. The quantitative estimate of drug-likeness (QED) is 0.819. The van der Waals surface area contributed by atoms with Crippen molar-refractivity contribution < 1.29 is 5.11 Å². The zero-order valence-corrected chi connectivity index (χ0v) is 8.54. The highest BCUT2D eigenvalue weighted by molar-refractivity contribution is 5.06. The van der Waals surface area contributed by atoms with Crippen molar-refractivity contribution in [3.63, 3.8) is 0 Å². The molecule has 0 saturated heterocycles. The summed E-state index contributed by atoms with van der Waals surface area (Å²) < 4.78 is 1.77. The fraction of sp³-hybridized carbons (Fsp3) is 0.273. The Morgan fingerprint density at radius 2 is 2.27 bits per heavy atom. The average Bonchev–Trinajstić information content (AvgIpc) is 2.68. The molecule has 2 aromatic rings. The molecule has 15 heavy (non-hydrogen) atoms. The summed E-state index contributed by atoms with van der Waals surface area (Å²) in [6, 6.07) is 7.59. The first kappa shape index (κ1) is 9.86. The topological polar surface area (TPSA) is 50.9 Å². The predicted octanol–water partition coefficient (Wildman–Crippen LogP) is 1.38. The third kappa shape index (κ3) is 2.41. The van der Waals surface area contributed by atoms with Crippen molar-refractivity contribution in [2.75, 3.05) is 0 Å². The molecule has 0 spiro atoms. The van der Waals surface area contributed by atoms with E-state index in [0.29, 0.717) is 12.2 Å². The molecule has 0 amide bonds. The zero-order valence-electron chi connectivity index (χ0n) is 8.54. The Morgan fingerprint density at radius 1 is 1.40 bits per heavy atom. The Hall–Kier alpha value is -1.68. The second-order valence-electron chi connectivity index (χ2n) is 3.44. The highest BCUT2D eigenvalue weighted by atomic mass is 16.3. The standard InChI is InChI=1S/C11H13N3O/c1-9(15)11-5-7-14(13-11)8-10-4-2-3-6-12-10/h2-7,9,15H,8H2,1H3. The van der Waals surface area contributed by atoms with Crippen molar-refractivity contribution >= 4 is 0 Å². The van der Waals surface area contributed by atoms with E-state index in [2.05, 4.69) is 10.1 Å². The van der Waals surface area contributed by atoms with Gasteiger partial charge in [-0.05, 0) is 25.1 Å². The number of hydrogen-bond acceptors (Lipinski definition) is 3. The fourth-order valence-corrected chi connectivity index (χ4v) is 1.35. The normalized spacial score (nSPS) is 12.7. The van der Waals surface area contributed by atoms with Crippen LogP contribution >= 0.6 is 0 Å². The second kappa shape index (κ2) is 4.23. The molecule has 0 aliphatic carbocycles. The van der Waals surface area contributed by atoms with E-state index in [9.17, 15) is 5.11 Å². The highest BCUT2D eigenvalue weighted by Gasteiger charge is 2.04. The molecule has 0 saturated carbocycles. The summed E-state index contributed by atoms with van der Waals surface area (Å²) in [5.41, 5.74) is 1.64. The molecule has 4 heteroatoms. The van der Waals surface area contributed by atoms with Gasteiger partial charge in [0.05, 0.1) is 24.0 Å². The summed E-state index contributed by atoms with van der Waals surface area (Å²) in [4.78, 5) is 4.20. The third-order valence-electron chi connectivity index (χ3n) is 2.14. The maximum atomic E-state index is 9.31. The van der Waals surface area contributed by atoms with Gasteiger partial charge >= 0.3 is 0 Å². The minimum atomic E-state index is -0.519. The molecule has 1 unspecified atom stereocenters. The van der Waals surface area contributed by atoms with Gasteiger partial charge in [-0.2, -0.15) is 5.10 Å². The second-order valence-corrected chi connectivity index (χ2v) is 3.44. The number of hydrogen-bond donors (Lipinski definition) is 1. The van der Waals surface area contributed by atoms with Gasteiger partial charge in [-0.15, -0.1) is 0 Å². The van der Waals surface area contributed by atoms with E-state index in [1.54, 1.807) is 17.8 Å². The van der Waals surface area contributed by atoms with E-state index < -0.39 is 6.10 Å². The molecule has 78 valence electrons. The third-order valence-corrected chi connectivity index (χ3v) is 2.14. The lowest BCUT2D eigenvalue weighted by molar-refractivity contribution is 0.193. The fourth-order valence-electron chi connectivity index (χ4n) is 1.35. The van der Waals surface area contributed by atoms with Crippen LogP contribution in [0.25, 0.3) is 0 Å². The van der Waals surface area contributed by atoms with Crippen molar-refractivity contribution in [2.24, 2.45) is 0 Å². The number of pyridine rings is 1. The maximum absolute atomic E-state index is 9.31. The van der Waals surface area contributed by atoms with Gasteiger partial charge in [-0.25, -0.2) is 0 Å².